The number of amides is 1. The number of ether oxygens (including phenoxy) is 1. The van der Waals surface area contributed by atoms with E-state index >= 15 is 0 Å². The first-order valence-electron chi connectivity index (χ1n) is 11.2. The van der Waals surface area contributed by atoms with Crippen molar-refractivity contribution >= 4 is 16.9 Å². The lowest BCUT2D eigenvalue weighted by Crippen LogP contribution is -2.23. The minimum atomic E-state index is -0.135. The molecule has 3 heterocycles. The number of carbonyl (C=O) groups is 1. The van der Waals surface area contributed by atoms with Crippen LogP contribution in [0.25, 0.3) is 11.0 Å². The number of pyridine rings is 2. The fourth-order valence-corrected chi connectivity index (χ4v) is 3.53. The van der Waals surface area contributed by atoms with Crippen LogP contribution in [-0.2, 0) is 13.2 Å². The highest BCUT2D eigenvalue weighted by molar-refractivity contribution is 6.05. The summed E-state index contributed by atoms with van der Waals surface area (Å²) in [7, 11) is 0. The summed E-state index contributed by atoms with van der Waals surface area (Å²) in [6, 6.07) is 13.6. The van der Waals surface area contributed by atoms with Crippen molar-refractivity contribution in [1.29, 1.82) is 0 Å². The zero-order chi connectivity index (χ0) is 23.4. The monoisotopic (exact) mass is 443 g/mol. The highest BCUT2D eigenvalue weighted by Crippen LogP contribution is 2.24. The van der Waals surface area contributed by atoms with Gasteiger partial charge in [-0.3, -0.25) is 9.78 Å². The maximum atomic E-state index is 13.1. The van der Waals surface area contributed by atoms with Crippen molar-refractivity contribution in [3.05, 3.63) is 83.4 Å². The van der Waals surface area contributed by atoms with Crippen LogP contribution in [0.4, 0.5) is 0 Å². The van der Waals surface area contributed by atoms with Gasteiger partial charge in [0, 0.05) is 36.2 Å². The first-order chi connectivity index (χ1) is 15.9. The summed E-state index contributed by atoms with van der Waals surface area (Å²) in [5.74, 6) is 0.840. The van der Waals surface area contributed by atoms with Crippen LogP contribution in [-0.4, -0.2) is 25.7 Å². The minimum absolute atomic E-state index is 0.135. The van der Waals surface area contributed by atoms with E-state index in [0.717, 1.165) is 33.6 Å². The molecule has 0 saturated carbocycles. The van der Waals surface area contributed by atoms with Gasteiger partial charge in [-0.1, -0.05) is 32.0 Å². The molecule has 7 nitrogen and oxygen atoms in total. The predicted octanol–water partition coefficient (Wildman–Crippen LogP) is 5.04. The molecule has 0 fully saturated rings. The highest BCUT2D eigenvalue weighted by atomic mass is 16.5. The topological polar surface area (TPSA) is 81.9 Å². The average molecular weight is 444 g/mol. The first kappa shape index (κ1) is 22.5. The molecule has 0 unspecified atom stereocenters. The third-order valence-corrected chi connectivity index (χ3v) is 5.42. The van der Waals surface area contributed by atoms with Crippen molar-refractivity contribution in [2.75, 3.05) is 0 Å². The van der Waals surface area contributed by atoms with Gasteiger partial charge in [-0.2, -0.15) is 5.10 Å². The van der Waals surface area contributed by atoms with E-state index in [9.17, 15) is 4.79 Å². The molecule has 0 saturated heterocycles. The lowest BCUT2D eigenvalue weighted by Gasteiger charge is -2.12. The third-order valence-electron chi connectivity index (χ3n) is 5.42. The summed E-state index contributed by atoms with van der Waals surface area (Å²) >= 11 is 0. The Morgan fingerprint density at radius 3 is 2.52 bits per heavy atom. The molecular formula is C26H29N5O2. The van der Waals surface area contributed by atoms with Gasteiger partial charge < -0.3 is 10.1 Å². The highest BCUT2D eigenvalue weighted by Gasteiger charge is 2.18. The summed E-state index contributed by atoms with van der Waals surface area (Å²) in [5, 5.41) is 8.27. The smallest absolute Gasteiger partial charge is 0.252 e. The van der Waals surface area contributed by atoms with E-state index < -0.39 is 0 Å². The molecule has 0 bridgehead atoms. The van der Waals surface area contributed by atoms with E-state index in [-0.39, 0.29) is 17.9 Å². The predicted molar refractivity (Wildman–Crippen MR) is 128 cm³/mol. The van der Waals surface area contributed by atoms with E-state index in [1.807, 2.05) is 47.1 Å². The molecule has 7 heteroatoms. The van der Waals surface area contributed by atoms with Crippen LogP contribution in [0.2, 0.25) is 0 Å². The summed E-state index contributed by atoms with van der Waals surface area (Å²) < 4.78 is 7.67. The van der Waals surface area contributed by atoms with Gasteiger partial charge in [0.2, 0.25) is 0 Å². The molecule has 0 atom stereocenters. The van der Waals surface area contributed by atoms with E-state index in [1.165, 1.54) is 0 Å². The number of nitrogens with one attached hydrogen (secondary N) is 1. The number of nitrogens with zero attached hydrogens (tertiary/aromatic N) is 4. The van der Waals surface area contributed by atoms with Gasteiger partial charge in [0.25, 0.3) is 5.91 Å². The van der Waals surface area contributed by atoms with Crippen molar-refractivity contribution in [2.45, 2.75) is 52.8 Å². The molecular weight excluding hydrogens is 414 g/mol. The molecule has 1 N–H and O–H groups in total. The minimum Gasteiger partial charge on any atom is -0.489 e. The first-order valence-corrected chi connectivity index (χ1v) is 11.2. The van der Waals surface area contributed by atoms with Gasteiger partial charge in [-0.25, -0.2) is 9.67 Å². The number of rotatable bonds is 8. The van der Waals surface area contributed by atoms with Gasteiger partial charge in [0.1, 0.15) is 12.4 Å². The van der Waals surface area contributed by atoms with Crippen LogP contribution in [0, 0.1) is 0 Å². The van der Waals surface area contributed by atoms with Crippen LogP contribution in [0.1, 0.15) is 66.8 Å². The van der Waals surface area contributed by atoms with Gasteiger partial charge in [0.15, 0.2) is 5.65 Å². The van der Waals surface area contributed by atoms with Crippen molar-refractivity contribution in [3.63, 3.8) is 0 Å². The molecule has 1 amide bonds. The van der Waals surface area contributed by atoms with E-state index in [0.29, 0.717) is 18.7 Å². The number of aromatic nitrogens is 4. The quantitative estimate of drug-likeness (QED) is 0.413. The van der Waals surface area contributed by atoms with Crippen LogP contribution in [0.15, 0.2) is 61.1 Å². The Bertz CT molecular complexity index is 1230. The molecule has 0 aliphatic carbocycles. The van der Waals surface area contributed by atoms with Gasteiger partial charge in [-0.05, 0) is 49.6 Å². The standard InChI is InChI=1S/C26H29N5O2/c1-17(2)24-12-22(23-15-29-31(18(3)4)25(23)30-24)26(32)28-14-19-7-9-21(10-8-19)33-16-20-6-5-11-27-13-20/h5-13,15,17-18H,14,16H2,1-4H3,(H,28,32). The van der Waals surface area contributed by atoms with Crippen molar-refractivity contribution in [2.24, 2.45) is 0 Å². The van der Waals surface area contributed by atoms with Gasteiger partial charge in [-0.15, -0.1) is 0 Å². The van der Waals surface area contributed by atoms with Crippen molar-refractivity contribution in [1.82, 2.24) is 25.1 Å². The Balaban J connectivity index is 1.45. The number of hydrogen-bond acceptors (Lipinski definition) is 5. The lowest BCUT2D eigenvalue weighted by atomic mass is 10.0. The fraction of sp³-hybridized carbons (Fsp3) is 0.308. The Morgan fingerprint density at radius 2 is 1.85 bits per heavy atom. The molecule has 170 valence electrons. The van der Waals surface area contributed by atoms with Crippen LogP contribution in [0.5, 0.6) is 5.75 Å². The molecule has 0 aliphatic heterocycles. The molecule has 33 heavy (non-hydrogen) atoms. The zero-order valence-electron chi connectivity index (χ0n) is 19.4. The number of hydrogen-bond donors (Lipinski definition) is 1. The second-order valence-corrected chi connectivity index (χ2v) is 8.65. The molecule has 0 radical (unpaired) electrons. The Hall–Kier alpha value is -3.74. The van der Waals surface area contributed by atoms with Crippen LogP contribution in [0.3, 0.4) is 0 Å². The van der Waals surface area contributed by atoms with Gasteiger partial charge in [0.05, 0.1) is 17.1 Å². The summed E-state index contributed by atoms with van der Waals surface area (Å²) in [5.41, 5.74) is 4.23. The Morgan fingerprint density at radius 1 is 1.06 bits per heavy atom. The molecule has 3 aromatic heterocycles. The summed E-state index contributed by atoms with van der Waals surface area (Å²) in [6.45, 7) is 9.14. The number of fused-ring (bicyclic) bond motifs is 1. The number of carbonyl (C=O) groups excluding carboxylic acids is 1. The number of benzene rings is 1. The van der Waals surface area contributed by atoms with Crippen LogP contribution >= 0.6 is 0 Å². The van der Waals surface area contributed by atoms with Crippen molar-refractivity contribution < 1.29 is 9.53 Å². The van der Waals surface area contributed by atoms with Gasteiger partial charge >= 0.3 is 0 Å². The maximum Gasteiger partial charge on any atom is 0.252 e. The van der Waals surface area contributed by atoms with Crippen LogP contribution < -0.4 is 10.1 Å². The van der Waals surface area contributed by atoms with E-state index in [4.69, 9.17) is 9.72 Å². The largest absolute Gasteiger partial charge is 0.489 e. The SMILES string of the molecule is CC(C)c1cc(C(=O)NCc2ccc(OCc3cccnc3)cc2)c2cnn(C(C)C)c2n1. The Labute approximate surface area is 193 Å². The normalized spacial score (nSPS) is 11.3. The lowest BCUT2D eigenvalue weighted by molar-refractivity contribution is 0.0952. The molecule has 1 aromatic carbocycles. The second-order valence-electron chi connectivity index (χ2n) is 8.65. The van der Waals surface area contributed by atoms with E-state index in [2.05, 4.69) is 43.1 Å². The maximum absolute atomic E-state index is 13.1. The zero-order valence-corrected chi connectivity index (χ0v) is 19.4. The van der Waals surface area contributed by atoms with E-state index in [1.54, 1.807) is 18.6 Å². The third kappa shape index (κ3) is 5.19. The fourth-order valence-electron chi connectivity index (χ4n) is 3.53. The molecule has 0 aliphatic rings. The molecule has 4 rings (SSSR count). The molecule has 4 aromatic rings. The second kappa shape index (κ2) is 9.81. The van der Waals surface area contributed by atoms with Crippen molar-refractivity contribution in [3.8, 4) is 5.75 Å². The average Bonchev–Trinajstić information content (AvgIpc) is 3.26. The Kier molecular flexibility index (Phi) is 6.68. The molecule has 0 spiro atoms. The summed E-state index contributed by atoms with van der Waals surface area (Å²) in [6.07, 6.45) is 5.26. The summed E-state index contributed by atoms with van der Waals surface area (Å²) in [4.78, 5) is 22.0.